The highest BCUT2D eigenvalue weighted by molar-refractivity contribution is 4.63. The van der Waals surface area contributed by atoms with Crippen LogP contribution in [0.25, 0.3) is 0 Å². The fourth-order valence-corrected chi connectivity index (χ4v) is 0.985. The molecule has 0 fully saturated rings. The molecule has 2 N–H and O–H groups in total. The van der Waals surface area contributed by atoms with Gasteiger partial charge in [-0.3, -0.25) is 0 Å². The van der Waals surface area contributed by atoms with Crippen molar-refractivity contribution in [3.8, 4) is 0 Å². The molecule has 1 unspecified atom stereocenters. The fourth-order valence-electron chi connectivity index (χ4n) is 0.985. The van der Waals surface area contributed by atoms with Crippen molar-refractivity contribution in [1.82, 2.24) is 4.90 Å². The van der Waals surface area contributed by atoms with Crippen LogP contribution in [-0.2, 0) is 4.74 Å². The molecule has 0 bridgehead atoms. The van der Waals surface area contributed by atoms with Gasteiger partial charge in [-0.05, 0) is 20.4 Å². The van der Waals surface area contributed by atoms with E-state index in [4.69, 9.17) is 10.5 Å². The first kappa shape index (κ1) is 11.9. The molecule has 0 saturated heterocycles. The summed E-state index contributed by atoms with van der Waals surface area (Å²) in [6.45, 7) is 7.67. The minimum Gasteiger partial charge on any atom is -0.380 e. The predicted octanol–water partition coefficient (Wildman–Crippen LogP) is 0.692. The number of hydrogen-bond donors (Lipinski definition) is 1. The van der Waals surface area contributed by atoms with E-state index in [1.54, 1.807) is 0 Å². The van der Waals surface area contributed by atoms with E-state index in [0.29, 0.717) is 6.04 Å². The molecule has 0 aliphatic rings. The molecule has 0 rings (SSSR count). The molecule has 1 atom stereocenters. The third-order valence-corrected chi connectivity index (χ3v) is 1.89. The minimum atomic E-state index is 0.302. The molecule has 3 heteroatoms. The monoisotopic (exact) mass is 174 g/mol. The van der Waals surface area contributed by atoms with Crippen LogP contribution in [0.4, 0.5) is 0 Å². The summed E-state index contributed by atoms with van der Waals surface area (Å²) in [5.74, 6) is 0. The minimum absolute atomic E-state index is 0.302. The van der Waals surface area contributed by atoms with Crippen LogP contribution in [0.15, 0.2) is 0 Å². The maximum atomic E-state index is 5.80. The fraction of sp³-hybridized carbons (Fsp3) is 1.00. The lowest BCUT2D eigenvalue weighted by molar-refractivity contribution is 0.120. The molecule has 12 heavy (non-hydrogen) atoms. The molecule has 3 nitrogen and oxygen atoms in total. The Balaban J connectivity index is 3.26. The van der Waals surface area contributed by atoms with Gasteiger partial charge in [-0.2, -0.15) is 0 Å². The van der Waals surface area contributed by atoms with Gasteiger partial charge >= 0.3 is 0 Å². The van der Waals surface area contributed by atoms with Crippen molar-refractivity contribution in [3.05, 3.63) is 0 Å². The van der Waals surface area contributed by atoms with E-state index in [1.807, 2.05) is 6.92 Å². The Labute approximate surface area is 75.9 Å². The third-order valence-electron chi connectivity index (χ3n) is 1.89. The van der Waals surface area contributed by atoms with E-state index in [2.05, 4.69) is 18.9 Å². The van der Waals surface area contributed by atoms with Gasteiger partial charge in [-0.15, -0.1) is 0 Å². The highest BCUT2D eigenvalue weighted by atomic mass is 16.5. The van der Waals surface area contributed by atoms with E-state index >= 15 is 0 Å². The van der Waals surface area contributed by atoms with Crippen LogP contribution in [0.5, 0.6) is 0 Å². The molecule has 0 saturated carbocycles. The van der Waals surface area contributed by atoms with Gasteiger partial charge in [-0.1, -0.05) is 6.92 Å². The lowest BCUT2D eigenvalue weighted by atomic mass is 10.2. The van der Waals surface area contributed by atoms with E-state index in [0.717, 1.165) is 32.7 Å². The molecule has 0 spiro atoms. The van der Waals surface area contributed by atoms with Gasteiger partial charge in [0.15, 0.2) is 0 Å². The van der Waals surface area contributed by atoms with Crippen molar-refractivity contribution in [2.24, 2.45) is 5.73 Å². The largest absolute Gasteiger partial charge is 0.380 e. The standard InChI is InChI=1S/C9H22N2O/c1-4-9(10)8-11(3)6-7-12-5-2/h9H,4-8,10H2,1-3H3. The predicted molar refractivity (Wildman–Crippen MR) is 52.3 cm³/mol. The average Bonchev–Trinajstić information content (AvgIpc) is 2.05. The van der Waals surface area contributed by atoms with E-state index < -0.39 is 0 Å². The van der Waals surface area contributed by atoms with Crippen molar-refractivity contribution < 1.29 is 4.74 Å². The van der Waals surface area contributed by atoms with Crippen molar-refractivity contribution in [2.45, 2.75) is 26.3 Å². The second-order valence-electron chi connectivity index (χ2n) is 3.13. The van der Waals surface area contributed by atoms with Crippen LogP contribution >= 0.6 is 0 Å². The van der Waals surface area contributed by atoms with E-state index in [1.165, 1.54) is 0 Å². The van der Waals surface area contributed by atoms with Crippen molar-refractivity contribution in [3.63, 3.8) is 0 Å². The normalized spacial score (nSPS) is 13.8. The SMILES string of the molecule is CCOCCN(C)CC(N)CC. The van der Waals surface area contributed by atoms with Gasteiger partial charge in [-0.25, -0.2) is 0 Å². The van der Waals surface area contributed by atoms with Crippen molar-refractivity contribution >= 4 is 0 Å². The summed E-state index contributed by atoms with van der Waals surface area (Å²) in [6.07, 6.45) is 1.04. The summed E-state index contributed by atoms with van der Waals surface area (Å²) in [5, 5.41) is 0. The Morgan fingerprint density at radius 1 is 1.42 bits per heavy atom. The zero-order chi connectivity index (χ0) is 9.40. The van der Waals surface area contributed by atoms with Crippen LogP contribution in [0.2, 0.25) is 0 Å². The van der Waals surface area contributed by atoms with Crippen LogP contribution in [-0.4, -0.2) is 44.3 Å². The number of nitrogens with zero attached hydrogens (tertiary/aromatic N) is 1. The van der Waals surface area contributed by atoms with Gasteiger partial charge in [0, 0.05) is 25.7 Å². The van der Waals surface area contributed by atoms with Crippen LogP contribution in [0.1, 0.15) is 20.3 Å². The summed E-state index contributed by atoms with van der Waals surface area (Å²) in [4.78, 5) is 2.21. The molecule has 0 amide bonds. The third kappa shape index (κ3) is 6.58. The first-order valence-corrected chi connectivity index (χ1v) is 4.72. The Morgan fingerprint density at radius 3 is 2.58 bits per heavy atom. The summed E-state index contributed by atoms with van der Waals surface area (Å²) in [5.41, 5.74) is 5.80. The molecular weight excluding hydrogens is 152 g/mol. The molecule has 0 aromatic carbocycles. The lowest BCUT2D eigenvalue weighted by Gasteiger charge is -2.19. The van der Waals surface area contributed by atoms with E-state index in [-0.39, 0.29) is 0 Å². The van der Waals surface area contributed by atoms with E-state index in [9.17, 15) is 0 Å². The number of nitrogens with two attached hydrogens (primary N) is 1. The summed E-state index contributed by atoms with van der Waals surface area (Å²) < 4.78 is 5.24. The maximum Gasteiger partial charge on any atom is 0.0593 e. The van der Waals surface area contributed by atoms with Crippen LogP contribution in [0.3, 0.4) is 0 Å². The first-order valence-electron chi connectivity index (χ1n) is 4.72. The van der Waals surface area contributed by atoms with Crippen molar-refractivity contribution in [1.29, 1.82) is 0 Å². The number of likely N-dealkylation sites (N-methyl/N-ethyl adjacent to an activating group) is 1. The highest BCUT2D eigenvalue weighted by Gasteiger charge is 2.03. The Bertz CT molecular complexity index is 98.5. The van der Waals surface area contributed by atoms with Gasteiger partial charge in [0.25, 0.3) is 0 Å². The Morgan fingerprint density at radius 2 is 2.08 bits per heavy atom. The van der Waals surface area contributed by atoms with Crippen molar-refractivity contribution in [2.75, 3.05) is 33.4 Å². The average molecular weight is 174 g/mol. The number of hydrogen-bond acceptors (Lipinski definition) is 3. The summed E-state index contributed by atoms with van der Waals surface area (Å²) >= 11 is 0. The molecule has 0 aromatic rings. The zero-order valence-corrected chi connectivity index (χ0v) is 8.55. The van der Waals surface area contributed by atoms with Crippen LogP contribution in [0, 0.1) is 0 Å². The van der Waals surface area contributed by atoms with Crippen LogP contribution < -0.4 is 5.73 Å². The van der Waals surface area contributed by atoms with Gasteiger partial charge in [0.2, 0.25) is 0 Å². The molecule has 0 heterocycles. The maximum absolute atomic E-state index is 5.80. The molecule has 74 valence electrons. The molecule has 0 aromatic heterocycles. The molecular formula is C9H22N2O. The molecule has 0 radical (unpaired) electrons. The first-order chi connectivity index (χ1) is 5.70. The van der Waals surface area contributed by atoms with Gasteiger partial charge in [0.1, 0.15) is 0 Å². The molecule has 0 aliphatic carbocycles. The lowest BCUT2D eigenvalue weighted by Crippen LogP contribution is -2.36. The topological polar surface area (TPSA) is 38.5 Å². The second kappa shape index (κ2) is 7.53. The van der Waals surface area contributed by atoms with Gasteiger partial charge in [0.05, 0.1) is 6.61 Å². The Kier molecular flexibility index (Phi) is 7.45. The number of ether oxygens (including phenoxy) is 1. The molecule has 0 aliphatic heterocycles. The quantitative estimate of drug-likeness (QED) is 0.577. The Hall–Kier alpha value is -0.120. The number of rotatable bonds is 7. The zero-order valence-electron chi connectivity index (χ0n) is 8.55. The summed E-state index contributed by atoms with van der Waals surface area (Å²) in [6, 6.07) is 0.302. The smallest absolute Gasteiger partial charge is 0.0593 e. The second-order valence-corrected chi connectivity index (χ2v) is 3.13. The van der Waals surface area contributed by atoms with Gasteiger partial charge < -0.3 is 15.4 Å². The summed E-state index contributed by atoms with van der Waals surface area (Å²) in [7, 11) is 2.08. The highest BCUT2D eigenvalue weighted by Crippen LogP contribution is 1.90.